The molecule has 0 saturated carbocycles. The third-order valence-electron chi connectivity index (χ3n) is 4.15. The predicted molar refractivity (Wildman–Crippen MR) is 82.3 cm³/mol. The van der Waals surface area contributed by atoms with Crippen LogP contribution in [0.1, 0.15) is 49.5 Å². The Balaban J connectivity index is 1.67. The zero-order chi connectivity index (χ0) is 14.7. The molecule has 1 aromatic carbocycles. The molecule has 5 heteroatoms. The van der Waals surface area contributed by atoms with Gasteiger partial charge in [0, 0.05) is 11.4 Å². The number of benzene rings is 1. The molecule has 2 heterocycles. The van der Waals surface area contributed by atoms with E-state index in [0.717, 1.165) is 41.2 Å². The van der Waals surface area contributed by atoms with Crippen LogP contribution in [-0.2, 0) is 6.42 Å². The van der Waals surface area contributed by atoms with Crippen molar-refractivity contribution in [3.8, 4) is 0 Å². The average Bonchev–Trinajstić information content (AvgIpc) is 2.98. The Morgan fingerprint density at radius 2 is 2.14 bits per heavy atom. The SMILES string of the molecule is CCC1CCNC(c2nc(Cc3ccc(Cl)cc3)no2)C1. The highest BCUT2D eigenvalue weighted by Crippen LogP contribution is 2.28. The lowest BCUT2D eigenvalue weighted by Crippen LogP contribution is -2.31. The molecule has 21 heavy (non-hydrogen) atoms. The lowest BCUT2D eigenvalue weighted by Gasteiger charge is -2.27. The Labute approximate surface area is 129 Å². The minimum absolute atomic E-state index is 0.204. The van der Waals surface area contributed by atoms with Crippen molar-refractivity contribution >= 4 is 11.6 Å². The molecule has 1 fully saturated rings. The second kappa shape index (κ2) is 6.58. The van der Waals surface area contributed by atoms with Crippen molar-refractivity contribution in [3.63, 3.8) is 0 Å². The summed E-state index contributed by atoms with van der Waals surface area (Å²) in [5.41, 5.74) is 1.13. The van der Waals surface area contributed by atoms with Gasteiger partial charge < -0.3 is 9.84 Å². The van der Waals surface area contributed by atoms with E-state index in [2.05, 4.69) is 22.4 Å². The third-order valence-corrected chi connectivity index (χ3v) is 4.40. The molecule has 4 nitrogen and oxygen atoms in total. The van der Waals surface area contributed by atoms with E-state index < -0.39 is 0 Å². The molecule has 0 amide bonds. The van der Waals surface area contributed by atoms with Crippen LogP contribution in [0.2, 0.25) is 5.02 Å². The van der Waals surface area contributed by atoms with Crippen molar-refractivity contribution in [2.24, 2.45) is 5.92 Å². The monoisotopic (exact) mass is 305 g/mol. The first-order valence-electron chi connectivity index (χ1n) is 7.55. The minimum Gasteiger partial charge on any atom is -0.338 e. The van der Waals surface area contributed by atoms with Gasteiger partial charge in [-0.05, 0) is 43.0 Å². The maximum atomic E-state index is 5.89. The van der Waals surface area contributed by atoms with E-state index >= 15 is 0 Å². The number of nitrogens with zero attached hydrogens (tertiary/aromatic N) is 2. The molecule has 112 valence electrons. The highest BCUT2D eigenvalue weighted by Gasteiger charge is 2.25. The van der Waals surface area contributed by atoms with E-state index in [4.69, 9.17) is 16.1 Å². The number of hydrogen-bond donors (Lipinski definition) is 1. The summed E-state index contributed by atoms with van der Waals surface area (Å²) in [4.78, 5) is 4.55. The lowest BCUT2D eigenvalue weighted by molar-refractivity contribution is 0.245. The fraction of sp³-hybridized carbons (Fsp3) is 0.500. The molecular formula is C16H20ClN3O. The molecule has 3 rings (SSSR count). The van der Waals surface area contributed by atoms with Gasteiger partial charge in [0.25, 0.3) is 0 Å². The summed E-state index contributed by atoms with van der Waals surface area (Å²) in [7, 11) is 0. The molecule has 1 saturated heterocycles. The summed E-state index contributed by atoms with van der Waals surface area (Å²) < 4.78 is 5.44. The van der Waals surface area contributed by atoms with E-state index in [1.54, 1.807) is 0 Å². The van der Waals surface area contributed by atoms with Crippen molar-refractivity contribution in [2.45, 2.75) is 38.6 Å². The summed E-state index contributed by atoms with van der Waals surface area (Å²) >= 11 is 5.89. The quantitative estimate of drug-likeness (QED) is 0.934. The first kappa shape index (κ1) is 14.5. The van der Waals surface area contributed by atoms with E-state index in [0.29, 0.717) is 6.42 Å². The van der Waals surface area contributed by atoms with Gasteiger partial charge in [-0.3, -0.25) is 0 Å². The Bertz CT molecular complexity index is 581. The average molecular weight is 306 g/mol. The minimum atomic E-state index is 0.204. The first-order chi connectivity index (χ1) is 10.2. The predicted octanol–water partition coefficient (Wildman–Crippen LogP) is 3.76. The topological polar surface area (TPSA) is 51.0 Å². The molecule has 1 aliphatic heterocycles. The van der Waals surface area contributed by atoms with E-state index in [9.17, 15) is 0 Å². The van der Waals surface area contributed by atoms with Crippen LogP contribution in [-0.4, -0.2) is 16.7 Å². The number of hydrogen-bond acceptors (Lipinski definition) is 4. The Morgan fingerprint density at radius 1 is 1.33 bits per heavy atom. The number of piperidine rings is 1. The zero-order valence-electron chi connectivity index (χ0n) is 12.2. The summed E-state index contributed by atoms with van der Waals surface area (Å²) in [5, 5.41) is 8.31. The number of aromatic nitrogens is 2. The highest BCUT2D eigenvalue weighted by molar-refractivity contribution is 6.30. The molecular weight excluding hydrogens is 286 g/mol. The van der Waals surface area contributed by atoms with Gasteiger partial charge in [0.2, 0.25) is 5.89 Å². The van der Waals surface area contributed by atoms with Crippen molar-refractivity contribution in [2.75, 3.05) is 6.54 Å². The van der Waals surface area contributed by atoms with Crippen LogP contribution in [0.5, 0.6) is 0 Å². The smallest absolute Gasteiger partial charge is 0.243 e. The van der Waals surface area contributed by atoms with Gasteiger partial charge in [-0.2, -0.15) is 4.98 Å². The van der Waals surface area contributed by atoms with Crippen molar-refractivity contribution in [1.82, 2.24) is 15.5 Å². The first-order valence-corrected chi connectivity index (χ1v) is 7.92. The van der Waals surface area contributed by atoms with Crippen LogP contribution in [0, 0.1) is 5.92 Å². The van der Waals surface area contributed by atoms with Crippen LogP contribution in [0.25, 0.3) is 0 Å². The van der Waals surface area contributed by atoms with Gasteiger partial charge in [-0.15, -0.1) is 0 Å². The zero-order valence-corrected chi connectivity index (χ0v) is 12.9. The normalized spacial score (nSPS) is 22.4. The summed E-state index contributed by atoms with van der Waals surface area (Å²) in [6.07, 6.45) is 4.20. The van der Waals surface area contributed by atoms with Crippen LogP contribution >= 0.6 is 11.6 Å². The third kappa shape index (κ3) is 3.63. The maximum Gasteiger partial charge on any atom is 0.243 e. The molecule has 1 N–H and O–H groups in total. The van der Waals surface area contributed by atoms with Crippen molar-refractivity contribution in [1.29, 1.82) is 0 Å². The molecule has 2 aromatic rings. The fourth-order valence-corrected chi connectivity index (χ4v) is 2.95. The maximum absolute atomic E-state index is 5.89. The second-order valence-corrected chi connectivity index (χ2v) is 6.09. The fourth-order valence-electron chi connectivity index (χ4n) is 2.82. The molecule has 1 aromatic heterocycles. The number of nitrogens with one attached hydrogen (secondary N) is 1. The van der Waals surface area contributed by atoms with Crippen LogP contribution in [0.3, 0.4) is 0 Å². The Hall–Kier alpha value is -1.39. The number of rotatable bonds is 4. The van der Waals surface area contributed by atoms with E-state index in [1.807, 2.05) is 24.3 Å². The van der Waals surface area contributed by atoms with Gasteiger partial charge in [-0.25, -0.2) is 0 Å². The molecule has 2 atom stereocenters. The molecule has 0 radical (unpaired) electrons. The van der Waals surface area contributed by atoms with Crippen LogP contribution < -0.4 is 5.32 Å². The standard InChI is InChI=1S/C16H20ClN3O/c1-2-11-7-8-18-14(9-11)16-19-15(20-21-16)10-12-3-5-13(17)6-4-12/h3-6,11,14,18H,2,7-10H2,1H3. The lowest BCUT2D eigenvalue weighted by atomic mass is 9.90. The summed E-state index contributed by atoms with van der Waals surface area (Å²) in [6.45, 7) is 3.27. The van der Waals surface area contributed by atoms with Crippen LogP contribution in [0.4, 0.5) is 0 Å². The number of halogens is 1. The summed E-state index contributed by atoms with van der Waals surface area (Å²) in [5.74, 6) is 2.20. The van der Waals surface area contributed by atoms with Gasteiger partial charge in [0.15, 0.2) is 5.82 Å². The van der Waals surface area contributed by atoms with Gasteiger partial charge in [-0.1, -0.05) is 42.2 Å². The Kier molecular flexibility index (Phi) is 4.56. The Morgan fingerprint density at radius 3 is 2.90 bits per heavy atom. The van der Waals surface area contributed by atoms with E-state index in [-0.39, 0.29) is 6.04 Å². The molecule has 1 aliphatic rings. The molecule has 0 spiro atoms. The van der Waals surface area contributed by atoms with Gasteiger partial charge in [0.1, 0.15) is 0 Å². The second-order valence-electron chi connectivity index (χ2n) is 5.66. The highest BCUT2D eigenvalue weighted by atomic mass is 35.5. The van der Waals surface area contributed by atoms with Crippen molar-refractivity contribution < 1.29 is 4.52 Å². The molecule has 0 bridgehead atoms. The largest absolute Gasteiger partial charge is 0.338 e. The molecule has 2 unspecified atom stereocenters. The van der Waals surface area contributed by atoms with Crippen LogP contribution in [0.15, 0.2) is 28.8 Å². The van der Waals surface area contributed by atoms with Crippen molar-refractivity contribution in [3.05, 3.63) is 46.6 Å². The molecule has 0 aliphatic carbocycles. The van der Waals surface area contributed by atoms with Gasteiger partial charge in [0.05, 0.1) is 6.04 Å². The summed E-state index contributed by atoms with van der Waals surface area (Å²) in [6, 6.07) is 7.95. The van der Waals surface area contributed by atoms with Gasteiger partial charge >= 0.3 is 0 Å². The van der Waals surface area contributed by atoms with E-state index in [1.165, 1.54) is 12.8 Å².